The van der Waals surface area contributed by atoms with E-state index >= 15 is 0 Å². The van der Waals surface area contributed by atoms with Gasteiger partial charge in [-0.3, -0.25) is 0 Å². The van der Waals surface area contributed by atoms with Gasteiger partial charge in [-0.05, 0) is 0 Å². The molecule has 0 aliphatic rings. The van der Waals surface area contributed by atoms with E-state index < -0.39 is 11.9 Å². The molecule has 0 aliphatic carbocycles. The minimum atomic E-state index is -1.82. The quantitative estimate of drug-likeness (QED) is 0.425. The molecule has 0 radical (unpaired) electrons. The summed E-state index contributed by atoms with van der Waals surface area (Å²) in [7, 11) is 0. The predicted molar refractivity (Wildman–Crippen MR) is 54.7 cm³/mol. The van der Waals surface area contributed by atoms with Gasteiger partial charge in [-0.15, -0.1) is 0 Å². The van der Waals surface area contributed by atoms with Gasteiger partial charge in [0.15, 0.2) is 0 Å². The molecule has 0 saturated carbocycles. The van der Waals surface area contributed by atoms with Crippen LogP contribution in [0.25, 0.3) is 0 Å². The summed E-state index contributed by atoms with van der Waals surface area (Å²) in [6.07, 6.45) is 0. The topological polar surface area (TPSA) is 74.6 Å². The molecule has 2 aromatic rings. The molecule has 0 aromatic heterocycles. The van der Waals surface area contributed by atoms with Crippen LogP contribution >= 0.6 is 0 Å². The fraction of sp³-hybridized carbons (Fsp3) is 0. The van der Waals surface area contributed by atoms with E-state index in [0.717, 1.165) is 0 Å². The molecule has 0 fully saturated rings. The molecule has 0 spiro atoms. The summed E-state index contributed by atoms with van der Waals surface area (Å²) in [6, 6.07) is 22.0. The summed E-state index contributed by atoms with van der Waals surface area (Å²) in [5, 5.41) is 14.8. The van der Waals surface area contributed by atoms with E-state index in [-0.39, 0.29) is 21.7 Å². The van der Waals surface area contributed by atoms with Crippen LogP contribution in [0.5, 0.6) is 0 Å². The Morgan fingerprint density at radius 2 is 1.35 bits per heavy atom. The van der Waals surface area contributed by atoms with Crippen LogP contribution in [0.1, 0.15) is 0 Å². The van der Waals surface area contributed by atoms with Gasteiger partial charge in [-0.1, -0.05) is 0 Å². The zero-order valence-corrected chi connectivity index (χ0v) is 10.2. The average Bonchev–Trinajstić information content (AvgIpc) is 2.97. The van der Waals surface area contributed by atoms with Crippen molar-refractivity contribution in [1.82, 2.24) is 0 Å². The minimum Gasteiger partial charge on any atom is -0.999 e. The van der Waals surface area contributed by atoms with Crippen molar-refractivity contribution >= 4 is 11.9 Å². The summed E-state index contributed by atoms with van der Waals surface area (Å²) in [6.45, 7) is 0. The molecular weight excluding hydrogens is 256 g/mol. The molecular formula is C12H8O4Ti-6. The molecule has 0 aliphatic heterocycles. The maximum Gasteiger partial charge on any atom is 0.414 e. The zero-order valence-electron chi connectivity index (χ0n) is 8.68. The molecule has 0 saturated heterocycles. The van der Waals surface area contributed by atoms with Crippen LogP contribution < -0.4 is 0 Å². The molecule has 0 atom stereocenters. The SMILES string of the molecule is O=C(O)C(=O)O.[Ti].[c-]1[c-][c-][cH-][c-]1.c1cc[cH-]c1. The van der Waals surface area contributed by atoms with E-state index in [0.29, 0.717) is 0 Å². The standard InChI is InChI=1S/C5H5.C5H.C2H2O4.Ti/c2*1-2-4-5-3-1;3-1(4)2(5)6;/h1-5H;1H;(H,3,4)(H,5,6);/q-1;-5;;. The van der Waals surface area contributed by atoms with Crippen molar-refractivity contribution in [3.63, 3.8) is 0 Å². The fourth-order valence-electron chi connectivity index (χ4n) is 0.501. The van der Waals surface area contributed by atoms with E-state index in [2.05, 4.69) is 24.3 Å². The Morgan fingerprint density at radius 3 is 1.47 bits per heavy atom. The van der Waals surface area contributed by atoms with E-state index in [4.69, 9.17) is 19.8 Å². The van der Waals surface area contributed by atoms with Crippen molar-refractivity contribution in [1.29, 1.82) is 0 Å². The van der Waals surface area contributed by atoms with Gasteiger partial charge in [0, 0.05) is 21.7 Å². The Morgan fingerprint density at radius 1 is 0.941 bits per heavy atom. The van der Waals surface area contributed by atoms with Crippen LogP contribution in [0.4, 0.5) is 0 Å². The maximum absolute atomic E-state index is 9.10. The van der Waals surface area contributed by atoms with Crippen molar-refractivity contribution in [3.8, 4) is 0 Å². The Kier molecular flexibility index (Phi) is 13.0. The Balaban J connectivity index is 0. The molecule has 0 amide bonds. The summed E-state index contributed by atoms with van der Waals surface area (Å²) in [5.74, 6) is -3.65. The first-order chi connectivity index (χ1) is 7.64. The van der Waals surface area contributed by atoms with Gasteiger partial charge in [0.05, 0.1) is 0 Å². The molecule has 17 heavy (non-hydrogen) atoms. The van der Waals surface area contributed by atoms with Gasteiger partial charge in [0.1, 0.15) is 0 Å². The number of rotatable bonds is 0. The van der Waals surface area contributed by atoms with Crippen LogP contribution in [0.15, 0.2) is 36.4 Å². The normalized spacial score (nSPS) is 7.29. The van der Waals surface area contributed by atoms with Crippen molar-refractivity contribution in [2.45, 2.75) is 0 Å². The van der Waals surface area contributed by atoms with Crippen LogP contribution in [-0.2, 0) is 31.3 Å². The minimum absolute atomic E-state index is 0. The van der Waals surface area contributed by atoms with Crippen molar-refractivity contribution < 1.29 is 41.5 Å². The molecule has 0 unspecified atom stereocenters. The first kappa shape index (κ1) is 17.7. The van der Waals surface area contributed by atoms with Gasteiger partial charge in [-0.25, -0.2) is 21.7 Å². The fourth-order valence-corrected chi connectivity index (χ4v) is 0.501. The smallest absolute Gasteiger partial charge is 0.414 e. The molecule has 2 rings (SSSR count). The van der Waals surface area contributed by atoms with Gasteiger partial charge >= 0.3 is 11.9 Å². The van der Waals surface area contributed by atoms with Crippen LogP contribution in [0.3, 0.4) is 0 Å². The van der Waals surface area contributed by atoms with Crippen LogP contribution in [-0.4, -0.2) is 22.2 Å². The first-order valence-corrected chi connectivity index (χ1v) is 4.10. The monoisotopic (exact) mass is 264 g/mol. The number of carbonyl (C=O) groups is 2. The maximum atomic E-state index is 9.10. The third-order valence-corrected chi connectivity index (χ3v) is 1.09. The number of carboxylic acid groups (broad SMARTS) is 2. The van der Waals surface area contributed by atoms with Crippen molar-refractivity contribution in [3.05, 3.63) is 60.7 Å². The molecule has 2 N–H and O–H groups in total. The molecule has 2 aromatic carbocycles. The first-order valence-electron chi connectivity index (χ1n) is 4.10. The largest absolute Gasteiger partial charge is 0.999 e. The third-order valence-electron chi connectivity index (χ3n) is 1.09. The number of aliphatic carboxylic acids is 2. The van der Waals surface area contributed by atoms with E-state index in [1.165, 1.54) is 0 Å². The van der Waals surface area contributed by atoms with Gasteiger partial charge < -0.3 is 40.5 Å². The summed E-state index contributed by atoms with van der Waals surface area (Å²) >= 11 is 0. The van der Waals surface area contributed by atoms with E-state index in [1.54, 1.807) is 6.07 Å². The molecule has 90 valence electrons. The third kappa shape index (κ3) is 14.4. The Hall–Kier alpha value is -1.65. The summed E-state index contributed by atoms with van der Waals surface area (Å²) < 4.78 is 0. The molecule has 0 heterocycles. The molecule has 5 heteroatoms. The van der Waals surface area contributed by atoms with Gasteiger partial charge in [0.25, 0.3) is 0 Å². The molecule has 4 nitrogen and oxygen atoms in total. The van der Waals surface area contributed by atoms with Gasteiger partial charge in [0.2, 0.25) is 0 Å². The zero-order chi connectivity index (χ0) is 12.2. The van der Waals surface area contributed by atoms with Crippen molar-refractivity contribution in [2.24, 2.45) is 0 Å². The van der Waals surface area contributed by atoms with Crippen LogP contribution in [0.2, 0.25) is 0 Å². The summed E-state index contributed by atoms with van der Waals surface area (Å²) in [4.78, 5) is 18.2. The second kappa shape index (κ2) is 12.4. The van der Waals surface area contributed by atoms with Gasteiger partial charge in [-0.2, -0.15) is 18.2 Å². The molecule has 0 bridgehead atoms. The van der Waals surface area contributed by atoms with E-state index in [9.17, 15) is 0 Å². The predicted octanol–water partition coefficient (Wildman–Crippen LogP) is 1.16. The van der Waals surface area contributed by atoms with E-state index in [1.807, 2.05) is 30.3 Å². The second-order valence-electron chi connectivity index (χ2n) is 2.26. The Labute approximate surface area is 114 Å². The Bertz CT molecular complexity index is 292. The number of carboxylic acids is 2. The van der Waals surface area contributed by atoms with Crippen LogP contribution in [0, 0.1) is 24.3 Å². The second-order valence-corrected chi connectivity index (χ2v) is 2.26. The van der Waals surface area contributed by atoms with Crippen molar-refractivity contribution in [2.75, 3.05) is 0 Å². The number of hydrogen-bond acceptors (Lipinski definition) is 2. The number of hydrogen-bond donors (Lipinski definition) is 2. The average molecular weight is 264 g/mol. The summed E-state index contributed by atoms with van der Waals surface area (Å²) in [5.41, 5.74) is 0.